The quantitative estimate of drug-likeness (QED) is 0.0337. The van der Waals surface area contributed by atoms with Gasteiger partial charge in [-0.1, -0.05) is 69.3 Å². The monoisotopic (exact) mass is 1670 g/mol. The molecular weight excluding hydrogens is 1530 g/mol. The molecule has 0 radical (unpaired) electrons. The number of carbonyl (C=O) groups is 9. The third-order valence-electron chi connectivity index (χ3n) is 24.3. The van der Waals surface area contributed by atoms with Gasteiger partial charge in [0, 0.05) is 124 Å². The van der Waals surface area contributed by atoms with Crippen LogP contribution >= 0.6 is 0 Å². The zero-order valence-corrected chi connectivity index (χ0v) is 71.3. The van der Waals surface area contributed by atoms with E-state index in [0.29, 0.717) is 38.7 Å². The molecule has 0 aromatic heterocycles. The van der Waals surface area contributed by atoms with Crippen LogP contribution in [0.3, 0.4) is 0 Å². The standard InChI is InChI=1S/C15H20O2.2C14H18O6.C13H26O3Si.C10H18O3.C8H14O2.2C7H10O3/c1-2-9-15(16)10-8-14(11-15)17-12-13-6-4-3-5-7-13;2*15-10-2-3-11(16)12(10)20-13(17)19-9-4-6-14(8-9)5-1-7-18-14;1-10(14)15-11-7-8-12(9-11)16-17(5,6)13(2,3)4;11-8-4-5-9(7-8)13-10-3-1-2-6-12-10;9-7-2-4-8(6-7)3-1-5-10-8;2*1-5(8)10-7-3-2-6(9)4-7/h2-7,14,16H,1,8-12H2;2*9,12H,1-8H2;11-12H,7-9H2,1-6H3;8-11H,1-7H2;7,9H,1-6H2;2*2-3,6-7,9H,4H2,1H3/t14-,15+;2*9-,14+;11-,12+;8-,9+,10?;7-,8+;2*6-,7+/m01000011/s1. The van der Waals surface area contributed by atoms with E-state index in [1.54, 1.807) is 30.4 Å². The van der Waals surface area contributed by atoms with Crippen LogP contribution in [0.1, 0.15) is 265 Å². The molecule has 1 unspecified atom stereocenters. The van der Waals surface area contributed by atoms with Crippen LogP contribution in [0.25, 0.3) is 0 Å². The SMILES string of the molecule is C=CC[C@@]1(O)CC[C@H](OCc2ccccc2)C1.CC(=O)O[C@H]1C=C[C@@H](O)C1.CC(=O)O[C@H]1C=C[C@@H](O)C1.CC(=O)O[C@H]1CC[C@@H](O[Si](C)(C)C(C)(C)C)C1.O=C(OC1C(=O)CCC1=O)O[C@@H]1CC[C@@]2(CCCO2)C1.O=C(OC1C(=O)CCC1=O)O[C@H]1CC[C@]2(CCCO2)C1.O[C@H]1CC[C@@H](OC2CCCCO2)C1.O[C@H]1CC[C@]2(CCCO2)C1. The lowest BCUT2D eigenvalue weighted by Crippen LogP contribution is -2.43. The molecule has 1 aromatic rings. The number of rotatable bonds is 16. The number of ketones is 4. The molecule has 8 saturated carbocycles. The Hall–Kier alpha value is -6.19. The molecule has 0 amide bonds. The molecule has 10 aliphatic carbocycles. The van der Waals surface area contributed by atoms with Crippen molar-refractivity contribution in [1.29, 1.82) is 0 Å². The molecular formula is C88H134O28Si. The Kier molecular flexibility index (Phi) is 38.0. The van der Waals surface area contributed by atoms with Crippen molar-refractivity contribution in [3.05, 3.63) is 72.9 Å². The van der Waals surface area contributed by atoms with E-state index < -0.39 is 50.6 Å². The van der Waals surface area contributed by atoms with Crippen LogP contribution in [0.5, 0.6) is 0 Å². The molecule has 29 heteroatoms. The number of aliphatic hydroxyl groups is 5. The molecule has 658 valence electrons. The molecule has 117 heavy (non-hydrogen) atoms. The topological polar surface area (TPSA) is 384 Å². The fourth-order valence-corrected chi connectivity index (χ4v) is 18.6. The third kappa shape index (κ3) is 32.6. The second-order valence-corrected chi connectivity index (χ2v) is 40.0. The van der Waals surface area contributed by atoms with Gasteiger partial charge in [-0.3, -0.25) is 33.6 Å². The summed E-state index contributed by atoms with van der Waals surface area (Å²) >= 11 is 0. The second-order valence-electron chi connectivity index (χ2n) is 35.2. The van der Waals surface area contributed by atoms with Crippen molar-refractivity contribution in [1.82, 2.24) is 0 Å². The molecule has 4 heterocycles. The first-order valence-corrected chi connectivity index (χ1v) is 45.7. The average Bonchev–Trinajstić information content (AvgIpc) is 1.78. The van der Waals surface area contributed by atoms with Gasteiger partial charge in [-0.25, -0.2) is 9.59 Å². The Morgan fingerprint density at radius 1 is 0.487 bits per heavy atom. The van der Waals surface area contributed by atoms with Crippen molar-refractivity contribution < 1.29 is 135 Å². The maximum Gasteiger partial charge on any atom is 0.509 e. The van der Waals surface area contributed by atoms with Crippen molar-refractivity contribution in [3.63, 3.8) is 0 Å². The molecule has 14 aliphatic rings. The highest BCUT2D eigenvalue weighted by Crippen LogP contribution is 2.45. The van der Waals surface area contributed by atoms with Gasteiger partial charge in [0.05, 0.1) is 65.6 Å². The van der Waals surface area contributed by atoms with E-state index in [4.69, 9.17) is 76.2 Å². The van der Waals surface area contributed by atoms with Gasteiger partial charge in [0.1, 0.15) is 30.5 Å². The smallest absolute Gasteiger partial charge is 0.462 e. The van der Waals surface area contributed by atoms with Crippen molar-refractivity contribution in [2.75, 3.05) is 26.4 Å². The molecule has 12 fully saturated rings. The number of benzene rings is 1. The lowest BCUT2D eigenvalue weighted by atomic mass is 9.98. The Balaban J connectivity index is 0.000000169. The van der Waals surface area contributed by atoms with Crippen LogP contribution in [0, 0.1) is 0 Å². The summed E-state index contributed by atoms with van der Waals surface area (Å²) < 4.78 is 75.4. The van der Waals surface area contributed by atoms with Crippen LogP contribution in [-0.2, 0) is 106 Å². The summed E-state index contributed by atoms with van der Waals surface area (Å²) in [7, 11) is -1.68. The number of esters is 3. The Bertz CT molecular complexity index is 3250. The van der Waals surface area contributed by atoms with Crippen molar-refractivity contribution in [3.8, 4) is 0 Å². The van der Waals surface area contributed by atoms with E-state index in [1.165, 1.54) is 45.6 Å². The largest absolute Gasteiger partial charge is 0.509 e. The molecule has 4 saturated heterocycles. The summed E-state index contributed by atoms with van der Waals surface area (Å²) in [5.41, 5.74) is 0.447. The molecule has 1 aromatic carbocycles. The normalized spacial score (nSPS) is 33.3. The summed E-state index contributed by atoms with van der Waals surface area (Å²) in [6, 6.07) is 10.2. The first-order valence-electron chi connectivity index (χ1n) is 42.8. The number of hydrogen-bond donors (Lipinski definition) is 5. The molecule has 28 nitrogen and oxygen atoms in total. The van der Waals surface area contributed by atoms with Gasteiger partial charge in [0.15, 0.2) is 37.7 Å². The maximum atomic E-state index is 11.7. The molecule has 15 rings (SSSR count). The van der Waals surface area contributed by atoms with Gasteiger partial charge in [0.2, 0.25) is 12.2 Å². The predicted octanol–water partition coefficient (Wildman–Crippen LogP) is 12.6. The first-order chi connectivity index (χ1) is 55.5. The predicted molar refractivity (Wildman–Crippen MR) is 429 cm³/mol. The van der Waals surface area contributed by atoms with E-state index in [0.717, 1.165) is 168 Å². The van der Waals surface area contributed by atoms with Gasteiger partial charge in [0.25, 0.3) is 0 Å². The number of Topliss-reactive ketones (excluding diaryl/α,β-unsaturated/α-hetero) is 4. The summed E-state index contributed by atoms with van der Waals surface area (Å²) in [5, 5.41) is 46.9. The molecule has 5 N–H and O–H groups in total. The minimum Gasteiger partial charge on any atom is -0.462 e. The van der Waals surface area contributed by atoms with Gasteiger partial charge in [-0.05, 0) is 184 Å². The van der Waals surface area contributed by atoms with Crippen LogP contribution in [0.2, 0.25) is 18.1 Å². The fraction of sp³-hybridized carbons (Fsp3) is 0.761. The zero-order valence-electron chi connectivity index (χ0n) is 70.3. The Morgan fingerprint density at radius 3 is 1.38 bits per heavy atom. The highest BCUT2D eigenvalue weighted by atomic mass is 28.4. The highest BCUT2D eigenvalue weighted by Gasteiger charge is 2.48. The van der Waals surface area contributed by atoms with Gasteiger partial charge < -0.3 is 91.5 Å². The van der Waals surface area contributed by atoms with Crippen molar-refractivity contribution in [2.24, 2.45) is 0 Å². The van der Waals surface area contributed by atoms with E-state index in [-0.39, 0.29) is 156 Å². The number of hydrogen-bond acceptors (Lipinski definition) is 28. The summed E-state index contributed by atoms with van der Waals surface area (Å²) in [6.07, 6.45) is 30.4. The highest BCUT2D eigenvalue weighted by molar-refractivity contribution is 6.74. The maximum absolute atomic E-state index is 11.7. The lowest BCUT2D eigenvalue weighted by Gasteiger charge is -2.38. The summed E-state index contributed by atoms with van der Waals surface area (Å²) in [6.45, 7) is 23.1. The zero-order chi connectivity index (χ0) is 85.0. The van der Waals surface area contributed by atoms with E-state index in [2.05, 4.69) is 52.6 Å². The minimum absolute atomic E-state index is 0.00375. The van der Waals surface area contributed by atoms with Crippen molar-refractivity contribution >= 4 is 61.7 Å². The van der Waals surface area contributed by atoms with Crippen LogP contribution in [-0.4, -0.2) is 228 Å². The van der Waals surface area contributed by atoms with Crippen LogP contribution in [0.15, 0.2) is 67.3 Å². The second kappa shape index (κ2) is 46.2. The van der Waals surface area contributed by atoms with Gasteiger partial charge >= 0.3 is 30.2 Å². The van der Waals surface area contributed by atoms with Gasteiger partial charge in [-0.2, -0.15) is 0 Å². The van der Waals surface area contributed by atoms with E-state index >= 15 is 0 Å². The third-order valence-corrected chi connectivity index (χ3v) is 28.9. The van der Waals surface area contributed by atoms with E-state index in [1.807, 2.05) is 18.2 Å². The first kappa shape index (κ1) is 96.3. The Labute approximate surface area is 691 Å². The fourth-order valence-electron chi connectivity index (χ4n) is 17.2. The van der Waals surface area contributed by atoms with Crippen molar-refractivity contribution in [2.45, 2.75) is 399 Å². The summed E-state index contributed by atoms with van der Waals surface area (Å²) in [4.78, 5) is 101. The molecule has 17 atom stereocenters. The number of ether oxygens (including phenoxy) is 13. The summed E-state index contributed by atoms with van der Waals surface area (Å²) in [5.74, 6) is -2.14. The molecule has 3 spiro atoms. The Morgan fingerprint density at radius 2 is 0.966 bits per heavy atom. The molecule has 4 aliphatic heterocycles. The number of carbonyl (C=O) groups excluding carboxylic acids is 9. The van der Waals surface area contributed by atoms with Gasteiger partial charge in [-0.15, -0.1) is 6.58 Å². The van der Waals surface area contributed by atoms with Crippen LogP contribution < -0.4 is 0 Å². The average molecular weight is 1670 g/mol. The number of aliphatic hydroxyl groups excluding tert-OH is 4. The van der Waals surface area contributed by atoms with E-state index in [9.17, 15) is 58.5 Å². The minimum atomic E-state index is -1.68. The lowest BCUT2D eigenvalue weighted by molar-refractivity contribution is -0.187. The molecule has 0 bridgehead atoms. The van der Waals surface area contributed by atoms with Crippen LogP contribution in [0.4, 0.5) is 9.59 Å².